The number of nitrogens with zero attached hydrogens (tertiary/aromatic N) is 1. The largest absolute Gasteiger partial charge is 0.370 e. The van der Waals surface area contributed by atoms with Gasteiger partial charge in [0.1, 0.15) is 0 Å². The summed E-state index contributed by atoms with van der Waals surface area (Å²) >= 11 is 7.83. The summed E-state index contributed by atoms with van der Waals surface area (Å²) in [4.78, 5) is 3.86. The lowest BCUT2D eigenvalue weighted by Gasteiger charge is -2.02. The number of rotatable bonds is 4. The van der Waals surface area contributed by atoms with Crippen LogP contribution in [0, 0.1) is 0 Å². The molecule has 0 aromatic rings. The van der Waals surface area contributed by atoms with Crippen LogP contribution < -0.4 is 17.2 Å². The molecule has 110 valence electrons. The quantitative estimate of drug-likeness (QED) is 0.531. The van der Waals surface area contributed by atoms with Gasteiger partial charge in [-0.3, -0.25) is 0 Å². The van der Waals surface area contributed by atoms with E-state index in [1.807, 2.05) is 47.0 Å². The van der Waals surface area contributed by atoms with Crippen molar-refractivity contribution < 1.29 is 0 Å². The van der Waals surface area contributed by atoms with Crippen LogP contribution in [0.2, 0.25) is 0 Å². The highest BCUT2D eigenvalue weighted by Crippen LogP contribution is 2.35. The van der Waals surface area contributed by atoms with Gasteiger partial charge in [-0.1, -0.05) is 0 Å². The molecule has 2 aliphatic rings. The second-order valence-electron chi connectivity index (χ2n) is 3.73. The summed E-state index contributed by atoms with van der Waals surface area (Å²) in [6.07, 6.45) is 3.25. The Hall–Kier alpha value is 0.370. The summed E-state index contributed by atoms with van der Waals surface area (Å²) in [6.45, 7) is 1.46. The van der Waals surface area contributed by atoms with Gasteiger partial charge in [-0.15, -0.1) is 47.0 Å². The van der Waals surface area contributed by atoms with Crippen molar-refractivity contribution in [1.29, 1.82) is 0 Å². The van der Waals surface area contributed by atoms with Crippen LogP contribution in [0.3, 0.4) is 0 Å². The monoisotopic (exact) mass is 338 g/mol. The molecule has 6 N–H and O–H groups in total. The van der Waals surface area contributed by atoms with Crippen LogP contribution in [0.4, 0.5) is 0 Å². The molecule has 0 radical (unpaired) electrons. The highest BCUT2D eigenvalue weighted by atomic mass is 32.2. The summed E-state index contributed by atoms with van der Waals surface area (Å²) in [7, 11) is 0. The first kappa shape index (κ1) is 17.4. The average Bonchev–Trinajstić information content (AvgIpc) is 3.02. The van der Waals surface area contributed by atoms with Gasteiger partial charge in [0, 0.05) is 27.2 Å². The number of guanidine groups is 1. The summed E-state index contributed by atoms with van der Waals surface area (Å²) in [6, 6.07) is 0. The molecule has 2 fully saturated rings. The summed E-state index contributed by atoms with van der Waals surface area (Å²) in [5.74, 6) is 5.23. The molecular formula is C11H22N4S4. The molecule has 0 amide bonds. The van der Waals surface area contributed by atoms with Crippen molar-refractivity contribution in [2.75, 3.05) is 36.1 Å². The summed E-state index contributed by atoms with van der Waals surface area (Å²) in [5, 5.41) is 0. The molecule has 0 spiro atoms. The Bertz CT molecular complexity index is 291. The molecule has 2 saturated heterocycles. The molecule has 0 saturated carbocycles. The van der Waals surface area contributed by atoms with Crippen LogP contribution in [0.1, 0.15) is 6.42 Å². The van der Waals surface area contributed by atoms with Crippen molar-refractivity contribution in [3.63, 3.8) is 0 Å². The van der Waals surface area contributed by atoms with E-state index in [0.29, 0.717) is 6.54 Å². The van der Waals surface area contributed by atoms with E-state index < -0.39 is 0 Å². The second-order valence-corrected chi connectivity index (χ2v) is 9.19. The third kappa shape index (κ3) is 9.01. The van der Waals surface area contributed by atoms with E-state index in [1.54, 1.807) is 0 Å². The van der Waals surface area contributed by atoms with Crippen molar-refractivity contribution in [2.45, 2.75) is 11.0 Å². The van der Waals surface area contributed by atoms with E-state index in [0.717, 1.165) is 11.1 Å². The molecule has 8 heteroatoms. The van der Waals surface area contributed by atoms with Gasteiger partial charge in [0.2, 0.25) is 0 Å². The Labute approximate surface area is 132 Å². The molecule has 0 atom stereocenters. The Morgan fingerprint density at radius 2 is 1.79 bits per heavy atom. The van der Waals surface area contributed by atoms with Crippen molar-refractivity contribution in [3.05, 3.63) is 10.3 Å². The Morgan fingerprint density at radius 3 is 2.32 bits per heavy atom. The molecule has 0 unspecified atom stereocenters. The molecule has 0 aliphatic carbocycles. The Kier molecular flexibility index (Phi) is 10.2. The first-order valence-electron chi connectivity index (χ1n) is 6.16. The van der Waals surface area contributed by atoms with Crippen molar-refractivity contribution in [1.82, 2.24) is 0 Å². The lowest BCUT2D eigenvalue weighted by Crippen LogP contribution is -2.22. The first-order valence-corrected chi connectivity index (χ1v) is 10.2. The molecule has 2 aliphatic heterocycles. The van der Waals surface area contributed by atoms with Crippen molar-refractivity contribution >= 4 is 53.0 Å². The van der Waals surface area contributed by atoms with E-state index in [9.17, 15) is 0 Å². The fraction of sp³-hybridized carbons (Fsp3) is 0.727. The smallest absolute Gasteiger partial charge is 0.186 e. The molecule has 0 aromatic carbocycles. The minimum atomic E-state index is 0.162. The zero-order valence-corrected chi connectivity index (χ0v) is 14.2. The number of hydrogen-bond donors (Lipinski definition) is 3. The third-order valence-corrected chi connectivity index (χ3v) is 8.05. The molecule has 19 heavy (non-hydrogen) atoms. The SMILES string of the molecule is NC(N)=NCC=C1SCCS1.NCCC1SCCS1. The maximum atomic E-state index is 5.38. The lowest BCUT2D eigenvalue weighted by atomic mass is 10.5. The van der Waals surface area contributed by atoms with Gasteiger partial charge in [-0.2, -0.15) is 0 Å². The van der Waals surface area contributed by atoms with Crippen molar-refractivity contribution in [3.8, 4) is 0 Å². The van der Waals surface area contributed by atoms with Gasteiger partial charge in [-0.25, -0.2) is 4.99 Å². The number of thioether (sulfide) groups is 4. The van der Waals surface area contributed by atoms with E-state index in [4.69, 9.17) is 17.2 Å². The molecule has 0 bridgehead atoms. The summed E-state index contributed by atoms with van der Waals surface area (Å²) < 4.78 is 2.16. The predicted octanol–water partition coefficient (Wildman–Crippen LogP) is 1.72. The molecule has 0 aromatic heterocycles. The van der Waals surface area contributed by atoms with E-state index in [1.165, 1.54) is 33.7 Å². The molecular weight excluding hydrogens is 316 g/mol. The molecule has 2 heterocycles. The summed E-state index contributed by atoms with van der Waals surface area (Å²) in [5.41, 5.74) is 15.7. The highest BCUT2D eigenvalue weighted by Gasteiger charge is 2.13. The average molecular weight is 339 g/mol. The maximum Gasteiger partial charge on any atom is 0.186 e. The Balaban J connectivity index is 0.000000200. The normalized spacial score (nSPS) is 18.9. The van der Waals surface area contributed by atoms with Crippen LogP contribution in [-0.4, -0.2) is 46.6 Å². The van der Waals surface area contributed by atoms with Crippen molar-refractivity contribution in [2.24, 2.45) is 22.2 Å². The van der Waals surface area contributed by atoms with Crippen LogP contribution >= 0.6 is 47.0 Å². The van der Waals surface area contributed by atoms with Gasteiger partial charge >= 0.3 is 0 Å². The predicted molar refractivity (Wildman–Crippen MR) is 96.1 cm³/mol. The van der Waals surface area contributed by atoms with Crippen LogP contribution in [-0.2, 0) is 0 Å². The fourth-order valence-corrected chi connectivity index (χ4v) is 6.53. The topological polar surface area (TPSA) is 90.4 Å². The number of hydrogen-bond acceptors (Lipinski definition) is 6. The number of nitrogens with two attached hydrogens (primary N) is 3. The fourth-order valence-electron chi connectivity index (χ4n) is 1.38. The standard InChI is InChI=1S/C6H11N3S2.C5H11NS2/c7-6(8)9-2-1-5-10-3-4-11-5;6-2-1-5-7-3-4-8-5/h1H,2-4H2,(H4,7,8,9);5H,1-4,6H2. The van der Waals surface area contributed by atoms with Crippen LogP contribution in [0.15, 0.2) is 15.3 Å². The minimum Gasteiger partial charge on any atom is -0.370 e. The first-order chi connectivity index (χ1) is 9.22. The van der Waals surface area contributed by atoms with E-state index >= 15 is 0 Å². The van der Waals surface area contributed by atoms with E-state index in [-0.39, 0.29) is 5.96 Å². The van der Waals surface area contributed by atoms with Gasteiger partial charge in [0.05, 0.1) is 11.1 Å². The molecule has 2 rings (SSSR count). The van der Waals surface area contributed by atoms with Crippen LogP contribution in [0.25, 0.3) is 0 Å². The highest BCUT2D eigenvalue weighted by molar-refractivity contribution is 8.25. The van der Waals surface area contributed by atoms with Gasteiger partial charge in [0.25, 0.3) is 0 Å². The number of aliphatic imine (C=N–C) groups is 1. The van der Waals surface area contributed by atoms with E-state index in [2.05, 4.69) is 11.1 Å². The van der Waals surface area contributed by atoms with Crippen LogP contribution in [0.5, 0.6) is 0 Å². The lowest BCUT2D eigenvalue weighted by molar-refractivity contribution is 0.919. The van der Waals surface area contributed by atoms with Gasteiger partial charge in [0.15, 0.2) is 5.96 Å². The van der Waals surface area contributed by atoms with Gasteiger partial charge in [-0.05, 0) is 19.0 Å². The zero-order chi connectivity index (χ0) is 13.9. The minimum absolute atomic E-state index is 0.162. The zero-order valence-electron chi connectivity index (χ0n) is 10.9. The maximum absolute atomic E-state index is 5.38. The molecule has 4 nitrogen and oxygen atoms in total. The van der Waals surface area contributed by atoms with Gasteiger partial charge < -0.3 is 17.2 Å². The second kappa shape index (κ2) is 11.1. The third-order valence-electron chi connectivity index (χ3n) is 2.20. The Morgan fingerprint density at radius 1 is 1.16 bits per heavy atom.